The molecule has 2 saturated heterocycles. The van der Waals surface area contributed by atoms with Gasteiger partial charge in [0, 0.05) is 43.2 Å². The van der Waals surface area contributed by atoms with Crippen molar-refractivity contribution in [1.82, 2.24) is 25.1 Å². The second-order valence-corrected chi connectivity index (χ2v) is 11.9. The van der Waals surface area contributed by atoms with Crippen LogP contribution in [0.15, 0.2) is 42.5 Å². The molecule has 0 bridgehead atoms. The Kier molecular flexibility index (Phi) is 7.83. The number of carbonyl (C=O) groups excluding carboxylic acids is 3. The Bertz CT molecular complexity index is 1370. The number of amides is 3. The normalized spacial score (nSPS) is 18.6. The van der Waals surface area contributed by atoms with Crippen LogP contribution >= 0.6 is 0 Å². The highest BCUT2D eigenvalue weighted by molar-refractivity contribution is 5.99. The predicted molar refractivity (Wildman–Crippen MR) is 153 cm³/mol. The first-order chi connectivity index (χ1) is 19.1. The maximum absolute atomic E-state index is 13.6. The molecular formula is C31H39N5O4. The Morgan fingerprint density at radius 1 is 1.02 bits per heavy atom. The van der Waals surface area contributed by atoms with Gasteiger partial charge in [-0.15, -0.1) is 0 Å². The number of hydrogen-bond donors (Lipinski definition) is 2. The molecule has 2 fully saturated rings. The fourth-order valence-electron chi connectivity index (χ4n) is 5.66. The molecule has 0 spiro atoms. The highest BCUT2D eigenvalue weighted by Crippen LogP contribution is 2.31. The number of rotatable bonds is 5. The number of carbonyl (C=O) groups is 3. The van der Waals surface area contributed by atoms with Crippen LogP contribution < -0.4 is 5.32 Å². The number of para-hydroxylation sites is 2. The first-order valence-electron chi connectivity index (χ1n) is 14.2. The van der Waals surface area contributed by atoms with Gasteiger partial charge in [-0.2, -0.15) is 0 Å². The van der Waals surface area contributed by atoms with E-state index in [1.165, 1.54) is 0 Å². The molecule has 40 heavy (non-hydrogen) atoms. The minimum absolute atomic E-state index is 0.0200. The van der Waals surface area contributed by atoms with Gasteiger partial charge in [-0.05, 0) is 89.3 Å². The van der Waals surface area contributed by atoms with Crippen molar-refractivity contribution in [3.05, 3.63) is 65.0 Å². The van der Waals surface area contributed by atoms with E-state index >= 15 is 0 Å². The lowest BCUT2D eigenvalue weighted by molar-refractivity contribution is 0.0142. The van der Waals surface area contributed by atoms with E-state index in [0.29, 0.717) is 30.0 Å². The number of aromatic nitrogens is 2. The predicted octanol–water partition coefficient (Wildman–Crippen LogP) is 5.23. The largest absolute Gasteiger partial charge is 0.444 e. The van der Waals surface area contributed by atoms with Gasteiger partial charge in [-0.25, -0.2) is 9.78 Å². The Morgan fingerprint density at radius 2 is 1.75 bits per heavy atom. The third-order valence-electron chi connectivity index (χ3n) is 7.68. The number of aryl methyl sites for hydroxylation is 1. The molecule has 2 aromatic carbocycles. The van der Waals surface area contributed by atoms with Crippen LogP contribution in [0.4, 0.5) is 4.79 Å². The third kappa shape index (κ3) is 6.13. The number of fused-ring (bicyclic) bond motifs is 1. The second kappa shape index (κ2) is 11.3. The quantitative estimate of drug-likeness (QED) is 0.457. The van der Waals surface area contributed by atoms with Crippen molar-refractivity contribution >= 4 is 28.9 Å². The fourth-order valence-corrected chi connectivity index (χ4v) is 5.66. The van der Waals surface area contributed by atoms with E-state index in [9.17, 15) is 14.4 Å². The molecule has 2 aliphatic rings. The van der Waals surface area contributed by atoms with Crippen LogP contribution in [0.1, 0.15) is 84.6 Å². The van der Waals surface area contributed by atoms with Gasteiger partial charge in [0.25, 0.3) is 11.8 Å². The smallest absolute Gasteiger partial charge is 0.410 e. The van der Waals surface area contributed by atoms with Gasteiger partial charge in [-0.1, -0.05) is 12.1 Å². The molecule has 3 aromatic rings. The Balaban J connectivity index is 1.39. The Morgan fingerprint density at radius 3 is 2.45 bits per heavy atom. The number of nitrogens with zero attached hydrogens (tertiary/aromatic N) is 3. The minimum Gasteiger partial charge on any atom is -0.444 e. The monoisotopic (exact) mass is 545 g/mol. The summed E-state index contributed by atoms with van der Waals surface area (Å²) in [5.74, 6) is 0.362. The van der Waals surface area contributed by atoms with E-state index in [0.717, 1.165) is 55.4 Å². The second-order valence-electron chi connectivity index (χ2n) is 11.9. The van der Waals surface area contributed by atoms with Crippen molar-refractivity contribution in [2.45, 2.75) is 65.0 Å². The Hall–Kier alpha value is -3.88. The summed E-state index contributed by atoms with van der Waals surface area (Å²) in [6, 6.07) is 12.6. The van der Waals surface area contributed by atoms with Gasteiger partial charge in [0.2, 0.25) is 0 Å². The van der Waals surface area contributed by atoms with Crippen LogP contribution in [-0.2, 0) is 4.74 Å². The number of hydrogen-bond acceptors (Lipinski definition) is 5. The zero-order valence-corrected chi connectivity index (χ0v) is 23.8. The van der Waals surface area contributed by atoms with Crippen LogP contribution in [0, 0.1) is 12.8 Å². The molecule has 3 heterocycles. The molecule has 212 valence electrons. The molecule has 1 aromatic heterocycles. The van der Waals surface area contributed by atoms with E-state index in [2.05, 4.69) is 10.3 Å². The molecule has 2 unspecified atom stereocenters. The lowest BCUT2D eigenvalue weighted by Crippen LogP contribution is -2.47. The van der Waals surface area contributed by atoms with E-state index in [1.807, 2.05) is 56.9 Å². The standard InChI is InChI=1S/C31H39N5O4/c1-20-18-21(13-14-23(20)29(38)35-15-7-8-16-35)28(37)34-26(27-32-24-11-5-6-12-25(24)33-27)22-10-9-17-36(19-22)30(39)40-31(2,3)4/h5-6,11-14,18,22,26H,7-10,15-17,19H2,1-4H3,(H,32,33)(H,34,37). The molecule has 5 rings (SSSR count). The Labute approximate surface area is 235 Å². The summed E-state index contributed by atoms with van der Waals surface area (Å²) in [6.45, 7) is 10.1. The van der Waals surface area contributed by atoms with Crippen molar-refractivity contribution in [3.63, 3.8) is 0 Å². The molecule has 2 atom stereocenters. The van der Waals surface area contributed by atoms with E-state index in [1.54, 1.807) is 23.1 Å². The van der Waals surface area contributed by atoms with Crippen molar-refractivity contribution in [1.29, 1.82) is 0 Å². The van der Waals surface area contributed by atoms with Gasteiger partial charge >= 0.3 is 6.09 Å². The van der Waals surface area contributed by atoms with E-state index in [-0.39, 0.29) is 23.8 Å². The van der Waals surface area contributed by atoms with Crippen molar-refractivity contribution < 1.29 is 19.1 Å². The zero-order chi connectivity index (χ0) is 28.4. The van der Waals surface area contributed by atoms with Crippen molar-refractivity contribution in [2.24, 2.45) is 5.92 Å². The number of aromatic amines is 1. The molecule has 9 nitrogen and oxygen atoms in total. The van der Waals surface area contributed by atoms with Gasteiger partial charge in [-0.3, -0.25) is 9.59 Å². The lowest BCUT2D eigenvalue weighted by Gasteiger charge is -2.37. The topological polar surface area (TPSA) is 108 Å². The summed E-state index contributed by atoms with van der Waals surface area (Å²) >= 11 is 0. The number of H-pyrrole nitrogens is 1. The van der Waals surface area contributed by atoms with Crippen LogP contribution in [0.25, 0.3) is 11.0 Å². The lowest BCUT2D eigenvalue weighted by atomic mass is 9.90. The summed E-state index contributed by atoms with van der Waals surface area (Å²) < 4.78 is 5.64. The maximum atomic E-state index is 13.6. The molecule has 0 saturated carbocycles. The van der Waals surface area contributed by atoms with Crippen LogP contribution in [-0.4, -0.2) is 69.5 Å². The number of benzene rings is 2. The fraction of sp³-hybridized carbons (Fsp3) is 0.484. The molecule has 2 aliphatic heterocycles. The van der Waals surface area contributed by atoms with Gasteiger partial charge in [0.1, 0.15) is 11.4 Å². The van der Waals surface area contributed by atoms with Crippen LogP contribution in [0.5, 0.6) is 0 Å². The summed E-state index contributed by atoms with van der Waals surface area (Å²) in [7, 11) is 0. The van der Waals surface area contributed by atoms with Crippen LogP contribution in [0.2, 0.25) is 0 Å². The van der Waals surface area contributed by atoms with E-state index in [4.69, 9.17) is 9.72 Å². The van der Waals surface area contributed by atoms with Crippen LogP contribution in [0.3, 0.4) is 0 Å². The van der Waals surface area contributed by atoms with E-state index < -0.39 is 11.6 Å². The average molecular weight is 546 g/mol. The van der Waals surface area contributed by atoms with Crippen molar-refractivity contribution in [3.8, 4) is 0 Å². The number of imidazole rings is 1. The van der Waals surface area contributed by atoms with Gasteiger partial charge in [0.05, 0.1) is 17.1 Å². The highest BCUT2D eigenvalue weighted by Gasteiger charge is 2.35. The maximum Gasteiger partial charge on any atom is 0.410 e. The number of nitrogens with one attached hydrogen (secondary N) is 2. The first kappa shape index (κ1) is 27.7. The van der Waals surface area contributed by atoms with Gasteiger partial charge < -0.3 is 24.8 Å². The third-order valence-corrected chi connectivity index (χ3v) is 7.68. The first-order valence-corrected chi connectivity index (χ1v) is 14.2. The SMILES string of the molecule is Cc1cc(C(=O)NC(c2nc3ccccc3[nH]2)C2CCCN(C(=O)OC(C)(C)C)C2)ccc1C(=O)N1CCCC1. The summed E-state index contributed by atoms with van der Waals surface area (Å²) in [4.78, 5) is 51.3. The number of ether oxygens (including phenoxy) is 1. The van der Waals surface area contributed by atoms with Crippen molar-refractivity contribution in [2.75, 3.05) is 26.2 Å². The van der Waals surface area contributed by atoms with Gasteiger partial charge in [0.15, 0.2) is 0 Å². The number of piperidine rings is 1. The molecule has 9 heteroatoms. The molecule has 0 radical (unpaired) electrons. The minimum atomic E-state index is -0.587. The zero-order valence-electron chi connectivity index (χ0n) is 23.8. The molecule has 2 N–H and O–H groups in total. The molecule has 3 amide bonds. The highest BCUT2D eigenvalue weighted by atomic mass is 16.6. The summed E-state index contributed by atoms with van der Waals surface area (Å²) in [5, 5.41) is 3.21. The molecular weight excluding hydrogens is 506 g/mol. The molecule has 0 aliphatic carbocycles. The summed E-state index contributed by atoms with van der Waals surface area (Å²) in [6.07, 6.45) is 3.33. The average Bonchev–Trinajstić information content (AvgIpc) is 3.61. The summed E-state index contributed by atoms with van der Waals surface area (Å²) in [5.41, 5.74) is 3.01. The number of likely N-dealkylation sites (tertiary alicyclic amines) is 2.